The number of rotatable bonds is 4. The highest BCUT2D eigenvalue weighted by atomic mass is 16.5. The SMILES string of the molecule is COC(=O)CC(C)(C)C(C#N)C(=O)O. The lowest BCUT2D eigenvalue weighted by Gasteiger charge is -2.25. The standard InChI is InChI=1S/C9H13NO4/c1-9(2,4-7(11)14-3)6(5-10)8(12)13/h6H,4H2,1-3H3,(H,12,13). The average Bonchev–Trinajstić information content (AvgIpc) is 2.02. The second kappa shape index (κ2) is 4.61. The summed E-state index contributed by atoms with van der Waals surface area (Å²) in [5.74, 6) is -2.94. The molecule has 0 aromatic heterocycles. The van der Waals surface area contributed by atoms with Gasteiger partial charge in [-0.1, -0.05) is 13.8 Å². The molecule has 0 rings (SSSR count). The smallest absolute Gasteiger partial charge is 0.321 e. The molecular formula is C9H13NO4. The molecule has 0 spiro atoms. The molecule has 5 nitrogen and oxygen atoms in total. The van der Waals surface area contributed by atoms with E-state index in [9.17, 15) is 9.59 Å². The van der Waals surface area contributed by atoms with E-state index in [1.165, 1.54) is 7.11 Å². The molecule has 0 heterocycles. The summed E-state index contributed by atoms with van der Waals surface area (Å²) in [4.78, 5) is 21.6. The van der Waals surface area contributed by atoms with Crippen LogP contribution in [0.15, 0.2) is 0 Å². The molecule has 1 atom stereocenters. The van der Waals surface area contributed by atoms with Crippen LogP contribution < -0.4 is 0 Å². The van der Waals surface area contributed by atoms with Crippen LogP contribution in [-0.4, -0.2) is 24.2 Å². The van der Waals surface area contributed by atoms with Crippen LogP contribution in [0.4, 0.5) is 0 Å². The minimum atomic E-state index is -1.22. The summed E-state index contributed by atoms with van der Waals surface area (Å²) in [6.45, 7) is 3.10. The topological polar surface area (TPSA) is 87.4 Å². The molecule has 0 saturated heterocycles. The first kappa shape index (κ1) is 12.4. The lowest BCUT2D eigenvalue weighted by molar-refractivity contribution is -0.147. The maximum absolute atomic E-state index is 10.9. The van der Waals surface area contributed by atoms with Crippen molar-refractivity contribution in [1.29, 1.82) is 5.26 Å². The van der Waals surface area contributed by atoms with Crippen molar-refractivity contribution in [1.82, 2.24) is 0 Å². The highest BCUT2D eigenvalue weighted by Gasteiger charge is 2.37. The number of methoxy groups -OCH3 is 1. The zero-order valence-corrected chi connectivity index (χ0v) is 8.40. The second-order valence-electron chi connectivity index (χ2n) is 3.64. The molecule has 0 bridgehead atoms. The van der Waals surface area contributed by atoms with Crippen LogP contribution in [0.3, 0.4) is 0 Å². The van der Waals surface area contributed by atoms with Crippen molar-refractivity contribution in [3.8, 4) is 6.07 Å². The van der Waals surface area contributed by atoms with Crippen LogP contribution in [0.25, 0.3) is 0 Å². The number of carbonyl (C=O) groups excluding carboxylic acids is 1. The Balaban J connectivity index is 4.67. The number of hydrogen-bond donors (Lipinski definition) is 1. The number of esters is 1. The van der Waals surface area contributed by atoms with Crippen molar-refractivity contribution in [2.75, 3.05) is 7.11 Å². The van der Waals surface area contributed by atoms with Crippen LogP contribution in [-0.2, 0) is 14.3 Å². The van der Waals surface area contributed by atoms with Gasteiger partial charge in [0.15, 0.2) is 0 Å². The van der Waals surface area contributed by atoms with Crippen molar-refractivity contribution in [2.24, 2.45) is 11.3 Å². The van der Waals surface area contributed by atoms with Crippen molar-refractivity contribution in [3.63, 3.8) is 0 Å². The van der Waals surface area contributed by atoms with Crippen LogP contribution in [0.1, 0.15) is 20.3 Å². The molecule has 1 unspecified atom stereocenters. The first-order chi connectivity index (χ1) is 6.35. The molecule has 78 valence electrons. The summed E-state index contributed by atoms with van der Waals surface area (Å²) in [6.07, 6.45) is -0.0893. The molecule has 14 heavy (non-hydrogen) atoms. The van der Waals surface area contributed by atoms with Crippen LogP contribution >= 0.6 is 0 Å². The summed E-state index contributed by atoms with van der Waals surface area (Å²) < 4.78 is 4.42. The Morgan fingerprint density at radius 1 is 1.57 bits per heavy atom. The summed E-state index contributed by atoms with van der Waals surface area (Å²) in [6, 6.07) is 1.66. The van der Waals surface area contributed by atoms with E-state index in [1.807, 2.05) is 0 Å². The lowest BCUT2D eigenvalue weighted by Crippen LogP contribution is -2.32. The van der Waals surface area contributed by atoms with Gasteiger partial charge in [0.05, 0.1) is 19.6 Å². The maximum atomic E-state index is 10.9. The van der Waals surface area contributed by atoms with Gasteiger partial charge in [-0.25, -0.2) is 0 Å². The number of nitriles is 1. The first-order valence-electron chi connectivity index (χ1n) is 4.04. The van der Waals surface area contributed by atoms with Crippen LogP contribution in [0.2, 0.25) is 0 Å². The number of carboxylic acid groups (broad SMARTS) is 1. The molecule has 0 fully saturated rings. The van der Waals surface area contributed by atoms with Gasteiger partial charge in [-0.3, -0.25) is 9.59 Å². The van der Waals surface area contributed by atoms with Crippen molar-refractivity contribution >= 4 is 11.9 Å². The summed E-state index contributed by atoms with van der Waals surface area (Å²) in [5.41, 5.74) is -0.923. The van der Waals surface area contributed by atoms with E-state index in [2.05, 4.69) is 4.74 Å². The molecule has 0 aromatic carbocycles. The van der Waals surface area contributed by atoms with Gasteiger partial charge in [0.1, 0.15) is 5.92 Å². The molecule has 0 saturated carbocycles. The summed E-state index contributed by atoms with van der Waals surface area (Å²) >= 11 is 0. The minimum absolute atomic E-state index is 0.0893. The van der Waals surface area contributed by atoms with Gasteiger partial charge in [-0.2, -0.15) is 5.26 Å². The number of nitrogens with zero attached hydrogens (tertiary/aromatic N) is 1. The van der Waals surface area contributed by atoms with E-state index >= 15 is 0 Å². The minimum Gasteiger partial charge on any atom is -0.480 e. The van der Waals surface area contributed by atoms with E-state index in [0.717, 1.165) is 0 Å². The molecule has 0 aliphatic heterocycles. The van der Waals surface area contributed by atoms with Crippen molar-refractivity contribution in [3.05, 3.63) is 0 Å². The summed E-state index contributed by atoms with van der Waals surface area (Å²) in [7, 11) is 1.22. The quantitative estimate of drug-likeness (QED) is 0.676. The third kappa shape index (κ3) is 3.05. The van der Waals surface area contributed by atoms with E-state index in [0.29, 0.717) is 0 Å². The van der Waals surface area contributed by atoms with Gasteiger partial charge >= 0.3 is 11.9 Å². The second-order valence-corrected chi connectivity index (χ2v) is 3.64. The molecule has 0 radical (unpaired) electrons. The van der Waals surface area contributed by atoms with E-state index < -0.39 is 23.3 Å². The highest BCUT2D eigenvalue weighted by Crippen LogP contribution is 2.30. The fourth-order valence-corrected chi connectivity index (χ4v) is 1.11. The summed E-state index contributed by atoms with van der Waals surface area (Å²) in [5, 5.41) is 17.4. The van der Waals surface area contributed by atoms with Gasteiger partial charge in [0.25, 0.3) is 0 Å². The van der Waals surface area contributed by atoms with Gasteiger partial charge < -0.3 is 9.84 Å². The molecule has 0 aromatic rings. The molecule has 0 aliphatic carbocycles. The van der Waals surface area contributed by atoms with Crippen molar-refractivity contribution < 1.29 is 19.4 Å². The Morgan fingerprint density at radius 2 is 2.07 bits per heavy atom. The predicted molar refractivity (Wildman–Crippen MR) is 47.2 cm³/mol. The Kier molecular flexibility index (Phi) is 4.09. The van der Waals surface area contributed by atoms with E-state index in [4.69, 9.17) is 10.4 Å². The fourth-order valence-electron chi connectivity index (χ4n) is 1.11. The van der Waals surface area contributed by atoms with Gasteiger partial charge in [-0.05, 0) is 0 Å². The zero-order valence-electron chi connectivity index (χ0n) is 8.40. The van der Waals surface area contributed by atoms with E-state index in [-0.39, 0.29) is 6.42 Å². The normalized spacial score (nSPS) is 12.7. The monoisotopic (exact) mass is 199 g/mol. The van der Waals surface area contributed by atoms with Gasteiger partial charge in [0, 0.05) is 5.41 Å². The van der Waals surface area contributed by atoms with Crippen LogP contribution in [0, 0.1) is 22.7 Å². The number of carbonyl (C=O) groups is 2. The third-order valence-corrected chi connectivity index (χ3v) is 1.99. The van der Waals surface area contributed by atoms with Gasteiger partial charge in [0.2, 0.25) is 0 Å². The van der Waals surface area contributed by atoms with Gasteiger partial charge in [-0.15, -0.1) is 0 Å². The highest BCUT2D eigenvalue weighted by molar-refractivity contribution is 5.76. The number of aliphatic carboxylic acids is 1. The Hall–Kier alpha value is -1.57. The Labute approximate surface area is 82.3 Å². The largest absolute Gasteiger partial charge is 0.480 e. The van der Waals surface area contributed by atoms with Crippen molar-refractivity contribution in [2.45, 2.75) is 20.3 Å². The lowest BCUT2D eigenvalue weighted by atomic mass is 9.77. The number of hydrogen-bond acceptors (Lipinski definition) is 4. The fraction of sp³-hybridized carbons (Fsp3) is 0.667. The third-order valence-electron chi connectivity index (χ3n) is 1.99. The molecule has 0 amide bonds. The molecule has 0 aliphatic rings. The average molecular weight is 199 g/mol. The maximum Gasteiger partial charge on any atom is 0.321 e. The Bertz CT molecular complexity index is 277. The predicted octanol–water partition coefficient (Wildman–Crippen LogP) is 0.800. The first-order valence-corrected chi connectivity index (χ1v) is 4.04. The zero-order chi connectivity index (χ0) is 11.4. The molecular weight excluding hydrogens is 186 g/mol. The Morgan fingerprint density at radius 3 is 2.36 bits per heavy atom. The van der Waals surface area contributed by atoms with Crippen LogP contribution in [0.5, 0.6) is 0 Å². The van der Waals surface area contributed by atoms with E-state index in [1.54, 1.807) is 19.9 Å². The number of carboxylic acids is 1. The molecule has 1 N–H and O–H groups in total. The molecule has 5 heteroatoms. The number of ether oxygens (including phenoxy) is 1.